The monoisotopic (exact) mass is 233 g/mol. The Morgan fingerprint density at radius 3 is 2.82 bits per heavy atom. The van der Waals surface area contributed by atoms with E-state index in [1.807, 2.05) is 19.1 Å². The van der Waals surface area contributed by atoms with Crippen LogP contribution in [-0.2, 0) is 4.74 Å². The van der Waals surface area contributed by atoms with E-state index in [0.29, 0.717) is 11.5 Å². The molecule has 1 aromatic heterocycles. The number of aromatic nitrogens is 1. The van der Waals surface area contributed by atoms with Crippen LogP contribution >= 0.6 is 0 Å². The van der Waals surface area contributed by atoms with Crippen molar-refractivity contribution in [3.8, 4) is 5.88 Å². The van der Waals surface area contributed by atoms with Gasteiger partial charge in [-0.2, -0.15) is 0 Å². The van der Waals surface area contributed by atoms with Gasteiger partial charge in [-0.1, -0.05) is 6.07 Å². The third-order valence-electron chi connectivity index (χ3n) is 4.11. The SMILES string of the molecule is Cc1cccnc1OC1CC2(CCOCC2)C1. The average Bonchev–Trinajstić information content (AvgIpc) is 2.31. The Bertz CT molecular complexity index is 391. The van der Waals surface area contributed by atoms with Gasteiger partial charge >= 0.3 is 0 Å². The third-order valence-corrected chi connectivity index (χ3v) is 4.11. The van der Waals surface area contributed by atoms with Crippen molar-refractivity contribution in [3.63, 3.8) is 0 Å². The van der Waals surface area contributed by atoms with Gasteiger partial charge in [0.15, 0.2) is 0 Å². The van der Waals surface area contributed by atoms with Crippen LogP contribution in [0, 0.1) is 12.3 Å². The molecule has 0 bridgehead atoms. The molecule has 0 radical (unpaired) electrons. The molecule has 1 saturated carbocycles. The molecule has 2 fully saturated rings. The van der Waals surface area contributed by atoms with E-state index in [9.17, 15) is 0 Å². The van der Waals surface area contributed by atoms with Gasteiger partial charge in [-0.05, 0) is 44.1 Å². The van der Waals surface area contributed by atoms with Crippen LogP contribution in [0.15, 0.2) is 18.3 Å². The molecule has 1 aromatic rings. The number of hydrogen-bond acceptors (Lipinski definition) is 3. The molecule has 1 saturated heterocycles. The highest BCUT2D eigenvalue weighted by atomic mass is 16.5. The number of rotatable bonds is 2. The van der Waals surface area contributed by atoms with Crippen molar-refractivity contribution in [2.75, 3.05) is 13.2 Å². The van der Waals surface area contributed by atoms with Gasteiger partial charge in [-0.3, -0.25) is 0 Å². The lowest BCUT2D eigenvalue weighted by Gasteiger charge is -2.49. The van der Waals surface area contributed by atoms with Crippen LogP contribution in [0.1, 0.15) is 31.2 Å². The van der Waals surface area contributed by atoms with Crippen LogP contribution in [0.3, 0.4) is 0 Å². The molecule has 3 rings (SSSR count). The fourth-order valence-corrected chi connectivity index (χ4v) is 2.95. The van der Waals surface area contributed by atoms with E-state index in [1.54, 1.807) is 6.20 Å². The third kappa shape index (κ3) is 2.16. The maximum atomic E-state index is 5.96. The normalized spacial score (nSPS) is 23.4. The molecule has 1 spiro atoms. The zero-order chi connectivity index (χ0) is 11.7. The first-order valence-corrected chi connectivity index (χ1v) is 6.44. The Kier molecular flexibility index (Phi) is 2.79. The quantitative estimate of drug-likeness (QED) is 0.787. The summed E-state index contributed by atoms with van der Waals surface area (Å²) in [7, 11) is 0. The van der Waals surface area contributed by atoms with Crippen LogP contribution in [-0.4, -0.2) is 24.3 Å². The summed E-state index contributed by atoms with van der Waals surface area (Å²) in [6, 6.07) is 3.99. The second kappa shape index (κ2) is 4.30. The topological polar surface area (TPSA) is 31.4 Å². The van der Waals surface area contributed by atoms with Crippen molar-refractivity contribution in [3.05, 3.63) is 23.9 Å². The molecule has 0 unspecified atom stereocenters. The first-order chi connectivity index (χ1) is 8.27. The van der Waals surface area contributed by atoms with Gasteiger partial charge < -0.3 is 9.47 Å². The van der Waals surface area contributed by atoms with E-state index in [-0.39, 0.29) is 0 Å². The second-order valence-corrected chi connectivity index (χ2v) is 5.39. The molecule has 17 heavy (non-hydrogen) atoms. The Morgan fingerprint density at radius 1 is 1.35 bits per heavy atom. The van der Waals surface area contributed by atoms with Gasteiger partial charge in [0.1, 0.15) is 6.10 Å². The predicted molar refractivity (Wildman–Crippen MR) is 65.1 cm³/mol. The molecule has 2 heterocycles. The summed E-state index contributed by atoms with van der Waals surface area (Å²) in [5, 5.41) is 0. The number of hydrogen-bond donors (Lipinski definition) is 0. The van der Waals surface area contributed by atoms with E-state index < -0.39 is 0 Å². The molecule has 0 N–H and O–H groups in total. The molecule has 3 heteroatoms. The summed E-state index contributed by atoms with van der Waals surface area (Å²) in [4.78, 5) is 4.29. The highest BCUT2D eigenvalue weighted by Gasteiger charge is 2.46. The summed E-state index contributed by atoms with van der Waals surface area (Å²) in [5.41, 5.74) is 1.64. The Morgan fingerprint density at radius 2 is 2.12 bits per heavy atom. The molecule has 92 valence electrons. The molecule has 1 aliphatic heterocycles. The van der Waals surface area contributed by atoms with E-state index in [0.717, 1.165) is 24.7 Å². The van der Waals surface area contributed by atoms with Gasteiger partial charge in [0.25, 0.3) is 0 Å². The zero-order valence-corrected chi connectivity index (χ0v) is 10.3. The lowest BCUT2D eigenvalue weighted by Crippen LogP contribution is -2.47. The number of ether oxygens (including phenoxy) is 2. The van der Waals surface area contributed by atoms with Crippen molar-refractivity contribution in [2.45, 2.75) is 38.7 Å². The standard InChI is InChI=1S/C14H19NO2/c1-11-3-2-6-15-13(11)17-12-9-14(10-12)4-7-16-8-5-14/h2-3,6,12H,4-5,7-10H2,1H3. The minimum Gasteiger partial charge on any atom is -0.474 e. The van der Waals surface area contributed by atoms with Crippen LogP contribution in [0.25, 0.3) is 0 Å². The Hall–Kier alpha value is -1.09. The molecule has 3 nitrogen and oxygen atoms in total. The summed E-state index contributed by atoms with van der Waals surface area (Å²) in [6.45, 7) is 3.90. The highest BCUT2D eigenvalue weighted by molar-refractivity contribution is 5.24. The maximum absolute atomic E-state index is 5.96. The van der Waals surface area contributed by atoms with Crippen molar-refractivity contribution in [1.29, 1.82) is 0 Å². The highest BCUT2D eigenvalue weighted by Crippen LogP contribution is 2.49. The predicted octanol–water partition coefficient (Wildman–Crippen LogP) is 2.73. The number of pyridine rings is 1. The first kappa shape index (κ1) is 11.0. The largest absolute Gasteiger partial charge is 0.474 e. The van der Waals surface area contributed by atoms with Crippen LogP contribution in [0.5, 0.6) is 5.88 Å². The van der Waals surface area contributed by atoms with Crippen molar-refractivity contribution in [2.24, 2.45) is 5.41 Å². The lowest BCUT2D eigenvalue weighted by molar-refractivity contribution is -0.0870. The fraction of sp³-hybridized carbons (Fsp3) is 0.643. The summed E-state index contributed by atoms with van der Waals surface area (Å²) in [6.07, 6.45) is 6.91. The Labute approximate surface area is 102 Å². The lowest BCUT2D eigenvalue weighted by atomic mass is 9.62. The summed E-state index contributed by atoms with van der Waals surface area (Å²) >= 11 is 0. The van der Waals surface area contributed by atoms with Crippen LogP contribution in [0.2, 0.25) is 0 Å². The van der Waals surface area contributed by atoms with Gasteiger partial charge in [0, 0.05) is 25.0 Å². The number of nitrogens with zero attached hydrogens (tertiary/aromatic N) is 1. The van der Waals surface area contributed by atoms with Crippen LogP contribution in [0.4, 0.5) is 0 Å². The Balaban J connectivity index is 1.58. The van der Waals surface area contributed by atoms with Crippen molar-refractivity contribution >= 4 is 0 Å². The van der Waals surface area contributed by atoms with Gasteiger partial charge in [-0.25, -0.2) is 4.98 Å². The fourth-order valence-electron chi connectivity index (χ4n) is 2.95. The molecule has 2 aliphatic rings. The van der Waals surface area contributed by atoms with Gasteiger partial charge in [0.05, 0.1) is 0 Å². The van der Waals surface area contributed by atoms with Gasteiger partial charge in [-0.15, -0.1) is 0 Å². The first-order valence-electron chi connectivity index (χ1n) is 6.44. The molecular formula is C14H19NO2. The molecule has 0 amide bonds. The average molecular weight is 233 g/mol. The molecule has 0 atom stereocenters. The van der Waals surface area contributed by atoms with Crippen molar-refractivity contribution in [1.82, 2.24) is 4.98 Å². The number of aryl methyl sites for hydroxylation is 1. The summed E-state index contributed by atoms with van der Waals surface area (Å²) in [5.74, 6) is 0.805. The summed E-state index contributed by atoms with van der Waals surface area (Å²) < 4.78 is 11.4. The molecule has 0 aromatic carbocycles. The molecular weight excluding hydrogens is 214 g/mol. The van der Waals surface area contributed by atoms with Crippen molar-refractivity contribution < 1.29 is 9.47 Å². The van der Waals surface area contributed by atoms with E-state index in [2.05, 4.69) is 4.98 Å². The maximum Gasteiger partial charge on any atom is 0.216 e. The second-order valence-electron chi connectivity index (χ2n) is 5.39. The van der Waals surface area contributed by atoms with Crippen LogP contribution < -0.4 is 4.74 Å². The smallest absolute Gasteiger partial charge is 0.216 e. The van der Waals surface area contributed by atoms with Gasteiger partial charge in [0.2, 0.25) is 5.88 Å². The molecule has 1 aliphatic carbocycles. The minimum atomic E-state index is 0.363. The van der Waals surface area contributed by atoms with E-state index >= 15 is 0 Å². The zero-order valence-electron chi connectivity index (χ0n) is 10.3. The minimum absolute atomic E-state index is 0.363. The van der Waals surface area contributed by atoms with E-state index in [1.165, 1.54) is 25.7 Å². The van der Waals surface area contributed by atoms with E-state index in [4.69, 9.17) is 9.47 Å².